The highest BCUT2D eigenvalue weighted by atomic mass is 32.1. The molecule has 0 fully saturated rings. The van der Waals surface area contributed by atoms with E-state index >= 15 is 0 Å². The van der Waals surface area contributed by atoms with Gasteiger partial charge in [0.15, 0.2) is 0 Å². The highest BCUT2D eigenvalue weighted by Crippen LogP contribution is 2.25. The van der Waals surface area contributed by atoms with E-state index in [0.717, 1.165) is 5.56 Å². The molecule has 0 spiro atoms. The van der Waals surface area contributed by atoms with Crippen molar-refractivity contribution in [3.63, 3.8) is 0 Å². The number of thiazole rings is 1. The van der Waals surface area contributed by atoms with Gasteiger partial charge >= 0.3 is 0 Å². The van der Waals surface area contributed by atoms with Gasteiger partial charge in [-0.15, -0.1) is 21.5 Å². The number of nitrogens with zero attached hydrogens (tertiary/aromatic N) is 3. The van der Waals surface area contributed by atoms with Crippen LogP contribution < -0.4 is 5.32 Å². The van der Waals surface area contributed by atoms with Gasteiger partial charge in [-0.3, -0.25) is 4.79 Å². The molecule has 1 amide bonds. The molecule has 1 N–H and O–H groups in total. The molecular weight excluding hydrogens is 355 g/mol. The molecule has 4 rings (SSSR count). The zero-order valence-electron chi connectivity index (χ0n) is 13.2. The van der Waals surface area contributed by atoms with E-state index in [9.17, 15) is 9.18 Å². The van der Waals surface area contributed by atoms with Gasteiger partial charge in [0, 0.05) is 22.2 Å². The van der Waals surface area contributed by atoms with Crippen LogP contribution in [0.25, 0.3) is 22.0 Å². The third-order valence-corrected chi connectivity index (χ3v) is 4.45. The molecule has 26 heavy (non-hydrogen) atoms. The molecule has 0 radical (unpaired) electrons. The molecule has 8 heteroatoms. The number of carbonyl (C=O) groups is 1. The van der Waals surface area contributed by atoms with Gasteiger partial charge in [-0.05, 0) is 42.5 Å². The maximum absolute atomic E-state index is 13.0. The van der Waals surface area contributed by atoms with Crippen LogP contribution in [-0.2, 0) is 0 Å². The minimum Gasteiger partial charge on any atom is -0.423 e. The minimum absolute atomic E-state index is 0.289. The number of hydrogen-bond acceptors (Lipinski definition) is 6. The van der Waals surface area contributed by atoms with Crippen LogP contribution in [0.15, 0.2) is 64.7 Å². The number of hydrogen-bond donors (Lipinski definition) is 1. The van der Waals surface area contributed by atoms with E-state index in [1.807, 2.05) is 0 Å². The SMILES string of the molecule is O=C(Nc1cccc(-c2nnco2)c1)c1csc(-c2ccc(F)cc2)n1. The monoisotopic (exact) mass is 366 g/mol. The highest BCUT2D eigenvalue weighted by molar-refractivity contribution is 7.13. The summed E-state index contributed by atoms with van der Waals surface area (Å²) in [6.07, 6.45) is 1.24. The van der Waals surface area contributed by atoms with Crippen molar-refractivity contribution in [2.75, 3.05) is 5.32 Å². The van der Waals surface area contributed by atoms with Gasteiger partial charge in [0.05, 0.1) is 0 Å². The first kappa shape index (κ1) is 16.1. The number of rotatable bonds is 4. The molecule has 0 aliphatic rings. The summed E-state index contributed by atoms with van der Waals surface area (Å²) >= 11 is 1.32. The van der Waals surface area contributed by atoms with Crippen molar-refractivity contribution in [3.8, 4) is 22.0 Å². The van der Waals surface area contributed by atoms with Gasteiger partial charge in [-0.2, -0.15) is 0 Å². The lowest BCUT2D eigenvalue weighted by atomic mass is 10.2. The van der Waals surface area contributed by atoms with E-state index in [2.05, 4.69) is 20.5 Å². The molecule has 6 nitrogen and oxygen atoms in total. The Morgan fingerprint density at radius 3 is 2.73 bits per heavy atom. The summed E-state index contributed by atoms with van der Waals surface area (Å²) in [5.74, 6) is -0.282. The molecule has 2 heterocycles. The minimum atomic E-state index is -0.336. The van der Waals surface area contributed by atoms with Crippen LogP contribution in [-0.4, -0.2) is 21.1 Å². The summed E-state index contributed by atoms with van der Waals surface area (Å²) in [7, 11) is 0. The molecule has 0 unspecified atom stereocenters. The highest BCUT2D eigenvalue weighted by Gasteiger charge is 2.13. The zero-order chi connectivity index (χ0) is 17.9. The quantitative estimate of drug-likeness (QED) is 0.584. The zero-order valence-corrected chi connectivity index (χ0v) is 14.0. The second-order valence-corrected chi connectivity index (χ2v) is 6.18. The first-order valence-corrected chi connectivity index (χ1v) is 8.46. The Hall–Kier alpha value is -3.39. The van der Waals surface area contributed by atoms with Crippen LogP contribution >= 0.6 is 11.3 Å². The van der Waals surface area contributed by atoms with Crippen molar-refractivity contribution in [3.05, 3.63) is 71.8 Å². The summed E-state index contributed by atoms with van der Waals surface area (Å²) in [5, 5.41) is 12.6. The average Bonchev–Trinajstić information content (AvgIpc) is 3.35. The largest absolute Gasteiger partial charge is 0.423 e. The molecular formula is C18H11FN4O2S. The Morgan fingerprint density at radius 1 is 1.12 bits per heavy atom. The first-order chi connectivity index (χ1) is 12.7. The Kier molecular flexibility index (Phi) is 4.24. The molecule has 2 aromatic heterocycles. The fourth-order valence-corrected chi connectivity index (χ4v) is 3.13. The smallest absolute Gasteiger partial charge is 0.275 e. The Morgan fingerprint density at radius 2 is 1.96 bits per heavy atom. The molecule has 0 aliphatic carbocycles. The fourth-order valence-electron chi connectivity index (χ4n) is 2.33. The summed E-state index contributed by atoms with van der Waals surface area (Å²) in [6.45, 7) is 0. The van der Waals surface area contributed by atoms with E-state index in [4.69, 9.17) is 4.42 Å². The van der Waals surface area contributed by atoms with Gasteiger partial charge in [-0.1, -0.05) is 6.07 Å². The van der Waals surface area contributed by atoms with Gasteiger partial charge in [0.2, 0.25) is 12.3 Å². The van der Waals surface area contributed by atoms with E-state index in [1.54, 1.807) is 41.8 Å². The molecule has 2 aromatic carbocycles. The second-order valence-electron chi connectivity index (χ2n) is 5.32. The number of amides is 1. The molecule has 0 aliphatic heterocycles. The third kappa shape index (κ3) is 3.35. The van der Waals surface area contributed by atoms with Crippen molar-refractivity contribution < 1.29 is 13.6 Å². The van der Waals surface area contributed by atoms with Crippen molar-refractivity contribution in [1.82, 2.24) is 15.2 Å². The molecule has 0 saturated carbocycles. The number of carbonyl (C=O) groups excluding carboxylic acids is 1. The molecule has 0 atom stereocenters. The molecule has 128 valence electrons. The molecule has 0 saturated heterocycles. The van der Waals surface area contributed by atoms with Crippen molar-refractivity contribution in [2.45, 2.75) is 0 Å². The van der Waals surface area contributed by atoms with E-state index < -0.39 is 0 Å². The van der Waals surface area contributed by atoms with Crippen molar-refractivity contribution >= 4 is 22.9 Å². The van der Waals surface area contributed by atoms with Crippen LogP contribution in [0.3, 0.4) is 0 Å². The predicted molar refractivity (Wildman–Crippen MR) is 95.2 cm³/mol. The average molecular weight is 366 g/mol. The summed E-state index contributed by atoms with van der Waals surface area (Å²) in [5.41, 5.74) is 2.33. The van der Waals surface area contributed by atoms with Gasteiger partial charge in [0.25, 0.3) is 5.91 Å². The fraction of sp³-hybridized carbons (Fsp3) is 0. The number of halogens is 1. The van der Waals surface area contributed by atoms with Crippen LogP contribution in [0.4, 0.5) is 10.1 Å². The van der Waals surface area contributed by atoms with Gasteiger partial charge in [0.1, 0.15) is 16.5 Å². The lowest BCUT2D eigenvalue weighted by Gasteiger charge is -2.04. The Balaban J connectivity index is 1.52. The summed E-state index contributed by atoms with van der Waals surface area (Å²) < 4.78 is 18.2. The van der Waals surface area contributed by atoms with Gasteiger partial charge < -0.3 is 9.73 Å². The number of benzene rings is 2. The number of nitrogens with one attached hydrogen (secondary N) is 1. The van der Waals surface area contributed by atoms with E-state index in [1.165, 1.54) is 29.9 Å². The Bertz CT molecular complexity index is 1050. The van der Waals surface area contributed by atoms with Crippen molar-refractivity contribution in [2.24, 2.45) is 0 Å². The van der Waals surface area contributed by atoms with Crippen molar-refractivity contribution in [1.29, 1.82) is 0 Å². The molecule has 4 aromatic rings. The lowest BCUT2D eigenvalue weighted by Crippen LogP contribution is -2.12. The first-order valence-electron chi connectivity index (χ1n) is 7.58. The van der Waals surface area contributed by atoms with E-state index in [0.29, 0.717) is 22.1 Å². The maximum atomic E-state index is 13.0. The third-order valence-electron chi connectivity index (χ3n) is 3.56. The molecule has 0 bridgehead atoms. The standard InChI is InChI=1S/C18H11FN4O2S/c19-13-6-4-11(5-7-13)18-22-15(9-26-18)16(24)21-14-3-1-2-12(8-14)17-23-20-10-25-17/h1-10H,(H,21,24). The van der Waals surface area contributed by atoms with Crippen LogP contribution in [0.5, 0.6) is 0 Å². The Labute approximate surface area is 151 Å². The lowest BCUT2D eigenvalue weighted by molar-refractivity contribution is 0.102. The van der Waals surface area contributed by atoms with E-state index in [-0.39, 0.29) is 17.4 Å². The summed E-state index contributed by atoms with van der Waals surface area (Å²) in [4.78, 5) is 16.8. The normalized spacial score (nSPS) is 10.7. The van der Waals surface area contributed by atoms with Gasteiger partial charge in [-0.25, -0.2) is 9.37 Å². The van der Waals surface area contributed by atoms with Crippen LogP contribution in [0.2, 0.25) is 0 Å². The predicted octanol–water partition coefficient (Wildman–Crippen LogP) is 4.25. The van der Waals surface area contributed by atoms with Crippen LogP contribution in [0.1, 0.15) is 10.5 Å². The summed E-state index contributed by atoms with van der Waals surface area (Å²) in [6, 6.07) is 13.1. The number of anilines is 1. The number of aromatic nitrogens is 3. The maximum Gasteiger partial charge on any atom is 0.275 e. The van der Waals surface area contributed by atoms with Crippen LogP contribution in [0, 0.1) is 5.82 Å². The topological polar surface area (TPSA) is 80.9 Å². The second kappa shape index (κ2) is 6.85.